The molecular weight excluding hydrogens is 198 g/mol. The number of alkyl halides is 1. The van der Waals surface area contributed by atoms with Gasteiger partial charge in [0.15, 0.2) is 0 Å². The van der Waals surface area contributed by atoms with Gasteiger partial charge in [0.05, 0.1) is 0 Å². The largest absolute Gasteiger partial charge is 0.335 e. The minimum Gasteiger partial charge on any atom is -0.335 e. The van der Waals surface area contributed by atoms with Gasteiger partial charge in [-0.15, -0.1) is 0 Å². The van der Waals surface area contributed by atoms with Gasteiger partial charge in [0.25, 0.3) is 5.91 Å². The van der Waals surface area contributed by atoms with Gasteiger partial charge in [-0.2, -0.15) is 0 Å². The molecule has 2 nitrogen and oxygen atoms in total. The van der Waals surface area contributed by atoms with E-state index in [4.69, 9.17) is 11.6 Å². The quantitative estimate of drug-likeness (QED) is 0.516. The molecule has 0 radical (unpaired) electrons. The van der Waals surface area contributed by atoms with Crippen molar-refractivity contribution in [3.8, 4) is 0 Å². The van der Waals surface area contributed by atoms with Gasteiger partial charge in [-0.25, -0.2) is 0 Å². The minimum absolute atomic E-state index is 0.0834. The van der Waals surface area contributed by atoms with E-state index < -0.39 is 0 Å². The van der Waals surface area contributed by atoms with Crippen LogP contribution in [0.5, 0.6) is 0 Å². The smallest absolute Gasteiger partial charge is 0.252 e. The van der Waals surface area contributed by atoms with Crippen molar-refractivity contribution in [2.75, 3.05) is 0 Å². The molecule has 0 spiro atoms. The number of nitrogens with one attached hydrogen (secondary N) is 1. The fourth-order valence-electron chi connectivity index (χ4n) is 1.75. The van der Waals surface area contributed by atoms with Crippen molar-refractivity contribution in [2.24, 2.45) is 0 Å². The molecule has 3 heteroatoms. The topological polar surface area (TPSA) is 29.1 Å². The van der Waals surface area contributed by atoms with Crippen LogP contribution in [0, 0.1) is 0 Å². The summed E-state index contributed by atoms with van der Waals surface area (Å²) < 4.78 is 0. The van der Waals surface area contributed by atoms with Crippen LogP contribution in [0.1, 0.15) is 29.8 Å². The lowest BCUT2D eigenvalue weighted by molar-refractivity contribution is 0.0919. The van der Waals surface area contributed by atoms with E-state index in [1.54, 1.807) is 0 Å². The second-order valence-electron chi connectivity index (χ2n) is 4.10. The van der Waals surface area contributed by atoms with Crippen LogP contribution < -0.4 is 5.32 Å². The fourth-order valence-corrected chi connectivity index (χ4v) is 1.97. The van der Waals surface area contributed by atoms with Crippen LogP contribution in [0.25, 0.3) is 0 Å². The normalized spacial score (nSPS) is 23.9. The first-order valence-corrected chi connectivity index (χ1v) is 5.01. The number of rotatable bonds is 0. The van der Waals surface area contributed by atoms with E-state index in [0.717, 1.165) is 11.1 Å². The van der Waals surface area contributed by atoms with E-state index in [9.17, 15) is 4.79 Å². The third-order valence-corrected chi connectivity index (χ3v) is 3.41. The summed E-state index contributed by atoms with van der Waals surface area (Å²) in [6, 6.07) is 7.59. The van der Waals surface area contributed by atoms with Crippen LogP contribution >= 0.6 is 11.6 Å². The molecule has 1 aromatic rings. The van der Waals surface area contributed by atoms with Gasteiger partial charge in [0.2, 0.25) is 0 Å². The number of amides is 1. The monoisotopic (exact) mass is 209 g/mol. The maximum absolute atomic E-state index is 11.6. The van der Waals surface area contributed by atoms with Crippen molar-refractivity contribution < 1.29 is 4.79 Å². The Morgan fingerprint density at radius 1 is 1.36 bits per heavy atom. The van der Waals surface area contributed by atoms with Crippen molar-refractivity contribution in [3.63, 3.8) is 0 Å². The third-order valence-electron chi connectivity index (χ3n) is 2.76. The number of carbonyl (C=O) groups is 1. The first-order valence-electron chi connectivity index (χ1n) is 4.58. The van der Waals surface area contributed by atoms with Gasteiger partial charge < -0.3 is 5.32 Å². The molecule has 2 rings (SSSR count). The lowest BCUT2D eigenvalue weighted by Crippen LogP contribution is -2.49. The second-order valence-corrected chi connectivity index (χ2v) is 4.54. The number of hydrogen-bond acceptors (Lipinski definition) is 1. The Morgan fingerprint density at radius 3 is 2.71 bits per heavy atom. The molecule has 0 aliphatic carbocycles. The average Bonchev–Trinajstić information content (AvgIpc) is 2.16. The molecule has 1 aliphatic heterocycles. The Morgan fingerprint density at radius 2 is 2.00 bits per heavy atom. The Hall–Kier alpha value is -1.02. The first kappa shape index (κ1) is 9.53. The van der Waals surface area contributed by atoms with Crippen molar-refractivity contribution >= 4 is 17.5 Å². The molecular formula is C11H12ClNO. The molecule has 1 aliphatic rings. The fraction of sp³-hybridized carbons (Fsp3) is 0.364. The van der Waals surface area contributed by atoms with Crippen LogP contribution in [-0.4, -0.2) is 11.4 Å². The molecule has 0 saturated carbocycles. The van der Waals surface area contributed by atoms with Crippen molar-refractivity contribution in [1.29, 1.82) is 0 Å². The Labute approximate surface area is 88.3 Å². The summed E-state index contributed by atoms with van der Waals surface area (Å²) in [7, 11) is 0. The predicted octanol–water partition coefficient (Wildman–Crippen LogP) is 2.27. The summed E-state index contributed by atoms with van der Waals surface area (Å²) in [6.07, 6.45) is 0. The van der Waals surface area contributed by atoms with Gasteiger partial charge in [0.1, 0.15) is 5.50 Å². The van der Waals surface area contributed by atoms with E-state index in [2.05, 4.69) is 5.32 Å². The molecule has 0 saturated heterocycles. The van der Waals surface area contributed by atoms with Gasteiger partial charge in [-0.1, -0.05) is 43.6 Å². The van der Waals surface area contributed by atoms with Gasteiger partial charge >= 0.3 is 0 Å². The molecule has 74 valence electrons. The average molecular weight is 210 g/mol. The highest BCUT2D eigenvalue weighted by Gasteiger charge is 2.38. The molecule has 1 amide bonds. The lowest BCUT2D eigenvalue weighted by Gasteiger charge is -2.36. The second kappa shape index (κ2) is 2.99. The number of benzene rings is 1. The van der Waals surface area contributed by atoms with Crippen molar-refractivity contribution in [1.82, 2.24) is 5.32 Å². The van der Waals surface area contributed by atoms with Crippen LogP contribution in [0.3, 0.4) is 0 Å². The van der Waals surface area contributed by atoms with Crippen LogP contribution in [0.15, 0.2) is 24.3 Å². The molecule has 0 bridgehead atoms. The molecule has 0 fully saturated rings. The third kappa shape index (κ3) is 1.22. The number of carbonyl (C=O) groups excluding carboxylic acids is 1. The standard InChI is InChI=1S/C11H12ClNO/c1-11(2)8-6-4-3-5-7(8)9(14)13-10(11)12/h3-6,10H,1-2H3,(H,13,14). The Bertz CT molecular complexity index is 387. The lowest BCUT2D eigenvalue weighted by atomic mass is 9.79. The highest BCUT2D eigenvalue weighted by Crippen LogP contribution is 2.35. The molecule has 1 N–H and O–H groups in total. The summed E-state index contributed by atoms with van der Waals surface area (Å²) >= 11 is 6.10. The zero-order valence-electron chi connectivity index (χ0n) is 8.17. The van der Waals surface area contributed by atoms with E-state index in [-0.39, 0.29) is 16.8 Å². The predicted molar refractivity (Wildman–Crippen MR) is 56.6 cm³/mol. The van der Waals surface area contributed by atoms with Gasteiger partial charge in [-0.05, 0) is 11.6 Å². The van der Waals surface area contributed by atoms with E-state index in [0.29, 0.717) is 0 Å². The van der Waals surface area contributed by atoms with E-state index >= 15 is 0 Å². The minimum atomic E-state index is -0.343. The molecule has 1 unspecified atom stereocenters. The Balaban J connectivity index is 2.63. The number of halogens is 1. The maximum Gasteiger partial charge on any atom is 0.252 e. The van der Waals surface area contributed by atoms with Crippen LogP contribution in [-0.2, 0) is 5.41 Å². The summed E-state index contributed by atoms with van der Waals surface area (Å²) in [5.74, 6) is -0.0834. The molecule has 0 aromatic heterocycles. The number of hydrogen-bond donors (Lipinski definition) is 1. The first-order chi connectivity index (χ1) is 6.53. The SMILES string of the molecule is CC1(C)c2ccccc2C(=O)NC1Cl. The molecule has 14 heavy (non-hydrogen) atoms. The number of fused-ring (bicyclic) bond motifs is 1. The summed E-state index contributed by atoms with van der Waals surface area (Å²) in [4.78, 5) is 11.6. The molecule has 1 atom stereocenters. The van der Waals surface area contributed by atoms with Crippen LogP contribution in [0.4, 0.5) is 0 Å². The van der Waals surface area contributed by atoms with Crippen molar-refractivity contribution in [3.05, 3.63) is 35.4 Å². The molecule has 1 aromatic carbocycles. The Kier molecular flexibility index (Phi) is 2.04. The highest BCUT2D eigenvalue weighted by atomic mass is 35.5. The van der Waals surface area contributed by atoms with E-state index in [1.807, 2.05) is 38.1 Å². The zero-order chi connectivity index (χ0) is 10.3. The van der Waals surface area contributed by atoms with Gasteiger partial charge in [-0.3, -0.25) is 4.79 Å². The van der Waals surface area contributed by atoms with E-state index in [1.165, 1.54) is 0 Å². The maximum atomic E-state index is 11.6. The molecule has 1 heterocycles. The summed E-state index contributed by atoms with van der Waals surface area (Å²) in [5, 5.41) is 2.75. The summed E-state index contributed by atoms with van der Waals surface area (Å²) in [6.45, 7) is 4.06. The highest BCUT2D eigenvalue weighted by molar-refractivity contribution is 6.23. The van der Waals surface area contributed by atoms with Gasteiger partial charge in [0, 0.05) is 11.0 Å². The van der Waals surface area contributed by atoms with Crippen molar-refractivity contribution in [2.45, 2.75) is 24.8 Å². The summed E-state index contributed by atoms with van der Waals surface area (Å²) in [5.41, 5.74) is 1.19. The zero-order valence-corrected chi connectivity index (χ0v) is 8.93. The van der Waals surface area contributed by atoms with Crippen LogP contribution in [0.2, 0.25) is 0 Å².